The van der Waals surface area contributed by atoms with Gasteiger partial charge in [-0.1, -0.05) is 37.3 Å². The summed E-state index contributed by atoms with van der Waals surface area (Å²) in [4.78, 5) is 39.4. The van der Waals surface area contributed by atoms with Crippen LogP contribution in [0.5, 0.6) is 0 Å². The van der Waals surface area contributed by atoms with Gasteiger partial charge in [0.2, 0.25) is 11.8 Å². The first-order valence-corrected chi connectivity index (χ1v) is 9.34. The van der Waals surface area contributed by atoms with Gasteiger partial charge in [-0.05, 0) is 30.2 Å². The molecule has 2 aromatic carbocycles. The molecule has 146 valence electrons. The van der Waals surface area contributed by atoms with Crippen molar-refractivity contribution in [2.75, 3.05) is 23.3 Å². The van der Waals surface area contributed by atoms with Gasteiger partial charge in [0.1, 0.15) is 6.04 Å². The third-order valence-corrected chi connectivity index (χ3v) is 4.67. The number of fused-ring (bicyclic) bond motifs is 1. The fraction of sp³-hybridized carbons (Fsp3) is 0.286. The molecule has 1 aliphatic heterocycles. The van der Waals surface area contributed by atoms with Crippen LogP contribution in [0.25, 0.3) is 0 Å². The maximum Gasteiger partial charge on any atom is 0.251 e. The van der Waals surface area contributed by atoms with Crippen LogP contribution in [0, 0.1) is 0 Å². The van der Waals surface area contributed by atoms with Crippen molar-refractivity contribution in [1.29, 1.82) is 0 Å². The molecule has 0 aliphatic carbocycles. The lowest BCUT2D eigenvalue weighted by Gasteiger charge is -2.36. The zero-order chi connectivity index (χ0) is 20.1. The second-order valence-electron chi connectivity index (χ2n) is 6.62. The zero-order valence-corrected chi connectivity index (χ0v) is 15.8. The van der Waals surface area contributed by atoms with E-state index in [1.165, 1.54) is 0 Å². The molecule has 0 saturated carbocycles. The van der Waals surface area contributed by atoms with Crippen LogP contribution < -0.4 is 21.3 Å². The van der Waals surface area contributed by atoms with Crippen LogP contribution in [0.4, 0.5) is 11.4 Å². The summed E-state index contributed by atoms with van der Waals surface area (Å²) in [6.07, 6.45) is 0.688. The first kappa shape index (κ1) is 19.6. The van der Waals surface area contributed by atoms with E-state index < -0.39 is 6.04 Å². The summed E-state index contributed by atoms with van der Waals surface area (Å²) in [6.45, 7) is 2.57. The minimum absolute atomic E-state index is 0.158. The number of anilines is 2. The normalized spacial score (nSPS) is 15.6. The van der Waals surface area contributed by atoms with Gasteiger partial charge in [-0.2, -0.15) is 0 Å². The molecule has 3 amide bonds. The molecule has 0 radical (unpaired) electrons. The van der Waals surface area contributed by atoms with E-state index in [9.17, 15) is 14.4 Å². The van der Waals surface area contributed by atoms with Crippen molar-refractivity contribution in [2.24, 2.45) is 5.73 Å². The van der Waals surface area contributed by atoms with E-state index in [0.717, 1.165) is 5.56 Å². The van der Waals surface area contributed by atoms with Crippen LogP contribution >= 0.6 is 0 Å². The van der Waals surface area contributed by atoms with Crippen molar-refractivity contribution >= 4 is 29.1 Å². The van der Waals surface area contributed by atoms with Crippen LogP contribution in [0.3, 0.4) is 0 Å². The lowest BCUT2D eigenvalue weighted by atomic mass is 10.0. The van der Waals surface area contributed by atoms with Crippen LogP contribution in [0.2, 0.25) is 0 Å². The number of carbonyl (C=O) groups excluding carboxylic acids is 3. The SMILES string of the molecule is CCC1C(=O)Nc2cc(C(=O)NCCN)ccc2N1C(=O)Cc1ccccc1. The van der Waals surface area contributed by atoms with Gasteiger partial charge in [0, 0.05) is 18.7 Å². The monoisotopic (exact) mass is 380 g/mol. The highest BCUT2D eigenvalue weighted by Gasteiger charge is 2.35. The topological polar surface area (TPSA) is 105 Å². The largest absolute Gasteiger partial charge is 0.351 e. The maximum atomic E-state index is 13.1. The highest BCUT2D eigenvalue weighted by Crippen LogP contribution is 2.34. The van der Waals surface area contributed by atoms with Gasteiger partial charge in [-0.25, -0.2) is 0 Å². The van der Waals surface area contributed by atoms with Gasteiger partial charge in [0.15, 0.2) is 0 Å². The van der Waals surface area contributed by atoms with Crippen LogP contribution in [0.15, 0.2) is 48.5 Å². The van der Waals surface area contributed by atoms with E-state index in [2.05, 4.69) is 10.6 Å². The number of hydrogen-bond acceptors (Lipinski definition) is 4. The van der Waals surface area contributed by atoms with E-state index in [4.69, 9.17) is 5.73 Å². The number of benzene rings is 2. The Labute approximate surface area is 163 Å². The third-order valence-electron chi connectivity index (χ3n) is 4.67. The zero-order valence-electron chi connectivity index (χ0n) is 15.8. The van der Waals surface area contributed by atoms with Crippen LogP contribution in [0.1, 0.15) is 29.3 Å². The van der Waals surface area contributed by atoms with Gasteiger partial charge < -0.3 is 16.4 Å². The summed E-state index contributed by atoms with van der Waals surface area (Å²) in [5.41, 5.74) is 7.75. The summed E-state index contributed by atoms with van der Waals surface area (Å²) >= 11 is 0. The molecule has 1 unspecified atom stereocenters. The summed E-state index contributed by atoms with van der Waals surface area (Å²) in [7, 11) is 0. The molecular formula is C21H24N4O3. The quantitative estimate of drug-likeness (QED) is 0.709. The molecule has 7 nitrogen and oxygen atoms in total. The van der Waals surface area contributed by atoms with E-state index in [1.807, 2.05) is 37.3 Å². The first-order chi connectivity index (χ1) is 13.5. The van der Waals surface area contributed by atoms with Crippen LogP contribution in [-0.4, -0.2) is 36.9 Å². The molecule has 0 saturated heterocycles. The standard InChI is InChI=1S/C21H24N4O3/c1-2-17-21(28)24-16-13-15(20(27)23-11-10-22)8-9-18(16)25(17)19(26)12-14-6-4-3-5-7-14/h3-9,13,17H,2,10-12,22H2,1H3,(H,23,27)(H,24,28). The van der Waals surface area contributed by atoms with Gasteiger partial charge >= 0.3 is 0 Å². The Morgan fingerprint density at radius 2 is 1.93 bits per heavy atom. The molecular weight excluding hydrogens is 356 g/mol. The molecule has 1 heterocycles. The molecule has 3 rings (SSSR count). The van der Waals surface area contributed by atoms with Gasteiger partial charge in [-0.3, -0.25) is 19.3 Å². The highest BCUT2D eigenvalue weighted by atomic mass is 16.2. The molecule has 7 heteroatoms. The lowest BCUT2D eigenvalue weighted by Crippen LogP contribution is -2.51. The van der Waals surface area contributed by atoms with E-state index in [1.54, 1.807) is 23.1 Å². The summed E-state index contributed by atoms with van der Waals surface area (Å²) in [6, 6.07) is 13.8. The summed E-state index contributed by atoms with van der Waals surface area (Å²) < 4.78 is 0. The number of nitrogens with two attached hydrogens (primary N) is 1. The van der Waals surface area contributed by atoms with Crippen molar-refractivity contribution in [3.8, 4) is 0 Å². The van der Waals surface area contributed by atoms with Crippen molar-refractivity contribution in [1.82, 2.24) is 5.32 Å². The van der Waals surface area contributed by atoms with Crippen molar-refractivity contribution in [2.45, 2.75) is 25.8 Å². The molecule has 0 spiro atoms. The second-order valence-corrected chi connectivity index (χ2v) is 6.62. The van der Waals surface area contributed by atoms with E-state index in [0.29, 0.717) is 36.4 Å². The molecule has 1 atom stereocenters. The lowest BCUT2D eigenvalue weighted by molar-refractivity contribution is -0.123. The number of nitrogens with zero attached hydrogens (tertiary/aromatic N) is 1. The molecule has 4 N–H and O–H groups in total. The minimum Gasteiger partial charge on any atom is -0.351 e. The van der Waals surface area contributed by atoms with Gasteiger partial charge in [0.05, 0.1) is 17.8 Å². The molecule has 28 heavy (non-hydrogen) atoms. The third kappa shape index (κ3) is 4.04. The molecule has 0 fully saturated rings. The Hall–Kier alpha value is -3.19. The molecule has 0 bridgehead atoms. The van der Waals surface area contributed by atoms with Crippen LogP contribution in [-0.2, 0) is 16.0 Å². The number of carbonyl (C=O) groups is 3. The van der Waals surface area contributed by atoms with Crippen molar-refractivity contribution in [3.63, 3.8) is 0 Å². The predicted octanol–water partition coefficient (Wildman–Crippen LogP) is 1.68. The van der Waals surface area contributed by atoms with Crippen molar-refractivity contribution in [3.05, 3.63) is 59.7 Å². The summed E-state index contributed by atoms with van der Waals surface area (Å²) in [5.74, 6) is -0.687. The fourth-order valence-corrected chi connectivity index (χ4v) is 3.31. The average Bonchev–Trinajstić information content (AvgIpc) is 2.71. The Morgan fingerprint density at radius 1 is 1.18 bits per heavy atom. The number of nitrogens with one attached hydrogen (secondary N) is 2. The summed E-state index contributed by atoms with van der Waals surface area (Å²) in [5, 5.41) is 5.52. The van der Waals surface area contributed by atoms with Gasteiger partial charge in [0.25, 0.3) is 5.91 Å². The van der Waals surface area contributed by atoms with E-state index in [-0.39, 0.29) is 24.1 Å². The Bertz CT molecular complexity index is 882. The maximum absolute atomic E-state index is 13.1. The Balaban J connectivity index is 1.92. The number of rotatable bonds is 6. The molecule has 1 aliphatic rings. The first-order valence-electron chi connectivity index (χ1n) is 9.34. The van der Waals surface area contributed by atoms with Crippen molar-refractivity contribution < 1.29 is 14.4 Å². The predicted molar refractivity (Wildman–Crippen MR) is 108 cm³/mol. The Kier molecular flexibility index (Phi) is 6.06. The second kappa shape index (κ2) is 8.67. The fourth-order valence-electron chi connectivity index (χ4n) is 3.31. The highest BCUT2D eigenvalue weighted by molar-refractivity contribution is 6.13. The Morgan fingerprint density at radius 3 is 2.61 bits per heavy atom. The minimum atomic E-state index is -0.583. The van der Waals surface area contributed by atoms with E-state index >= 15 is 0 Å². The number of amides is 3. The molecule has 2 aromatic rings. The molecule has 0 aromatic heterocycles. The average molecular weight is 380 g/mol. The van der Waals surface area contributed by atoms with Gasteiger partial charge in [-0.15, -0.1) is 0 Å². The number of hydrogen-bond donors (Lipinski definition) is 3. The smallest absolute Gasteiger partial charge is 0.251 e.